The zero-order chi connectivity index (χ0) is 33.7. The van der Waals surface area contributed by atoms with Crippen LogP contribution in [0.15, 0.2) is 60.8 Å². The molecule has 0 spiro atoms. The molecular weight excluding hydrogens is 588 g/mol. The molecule has 0 atom stereocenters. The van der Waals surface area contributed by atoms with Crippen molar-refractivity contribution in [3.63, 3.8) is 0 Å². The van der Waals surface area contributed by atoms with Crippen molar-refractivity contribution in [3.05, 3.63) is 89.3 Å². The number of pyridine rings is 3. The number of aromatic nitrogens is 3. The Morgan fingerprint density at radius 2 is 0.935 bits per heavy atom. The summed E-state index contributed by atoms with van der Waals surface area (Å²) in [5.74, 6) is -2.01. The molecule has 5 amide bonds. The maximum atomic E-state index is 13.2. The van der Waals surface area contributed by atoms with Gasteiger partial charge in [0.15, 0.2) is 0 Å². The SMILES string of the molecule is CCN(CC)C(=O)c1cccc(C(=O)NCC(C)(CNC(=O)c2ccccn2)CNC(=O)c2cccc(C(=O)N(CC)CC)n2)n1. The molecule has 0 bridgehead atoms. The Hall–Kier alpha value is -5.20. The molecule has 0 aliphatic carbocycles. The Balaban J connectivity index is 1.76. The number of nitrogens with one attached hydrogen (secondary N) is 3. The fourth-order valence-corrected chi connectivity index (χ4v) is 4.54. The molecule has 0 aliphatic rings. The number of amides is 5. The Labute approximate surface area is 269 Å². The van der Waals surface area contributed by atoms with E-state index >= 15 is 0 Å². The average molecular weight is 631 g/mol. The molecule has 0 radical (unpaired) electrons. The Morgan fingerprint density at radius 1 is 0.565 bits per heavy atom. The van der Waals surface area contributed by atoms with E-state index in [4.69, 9.17) is 0 Å². The third-order valence-electron chi connectivity index (χ3n) is 7.43. The van der Waals surface area contributed by atoms with Crippen molar-refractivity contribution in [2.75, 3.05) is 45.8 Å². The first-order valence-corrected chi connectivity index (χ1v) is 15.3. The van der Waals surface area contributed by atoms with Crippen LogP contribution in [0.1, 0.15) is 87.1 Å². The lowest BCUT2D eigenvalue weighted by atomic mass is 9.89. The zero-order valence-electron chi connectivity index (χ0n) is 27.0. The molecule has 13 heteroatoms. The molecule has 3 rings (SSSR count). The Morgan fingerprint density at radius 3 is 1.30 bits per heavy atom. The number of hydrogen-bond donors (Lipinski definition) is 3. The van der Waals surface area contributed by atoms with E-state index in [1.807, 2.05) is 27.7 Å². The summed E-state index contributed by atoms with van der Waals surface area (Å²) in [6.07, 6.45) is 1.51. The van der Waals surface area contributed by atoms with Crippen LogP contribution in [0.5, 0.6) is 0 Å². The molecule has 3 heterocycles. The average Bonchev–Trinajstić information content (AvgIpc) is 3.10. The van der Waals surface area contributed by atoms with Gasteiger partial charge in [0.05, 0.1) is 0 Å². The van der Waals surface area contributed by atoms with Gasteiger partial charge in [-0.05, 0) is 64.1 Å². The van der Waals surface area contributed by atoms with Gasteiger partial charge in [-0.2, -0.15) is 0 Å². The fraction of sp³-hybridized carbons (Fsp3) is 0.394. The van der Waals surface area contributed by atoms with E-state index in [1.165, 1.54) is 18.3 Å². The van der Waals surface area contributed by atoms with Crippen LogP contribution in [0, 0.1) is 5.41 Å². The number of carbonyl (C=O) groups is 5. The van der Waals surface area contributed by atoms with Gasteiger partial charge < -0.3 is 25.8 Å². The van der Waals surface area contributed by atoms with E-state index in [1.54, 1.807) is 59.2 Å². The molecular formula is C33H42N8O5. The summed E-state index contributed by atoms with van der Waals surface area (Å²) < 4.78 is 0. The van der Waals surface area contributed by atoms with Gasteiger partial charge in [0.2, 0.25) is 0 Å². The molecule has 244 valence electrons. The first-order valence-electron chi connectivity index (χ1n) is 15.3. The van der Waals surface area contributed by atoms with Crippen molar-refractivity contribution >= 4 is 29.5 Å². The highest BCUT2D eigenvalue weighted by Crippen LogP contribution is 2.15. The van der Waals surface area contributed by atoms with Crippen molar-refractivity contribution in [1.82, 2.24) is 40.7 Å². The standard InChI is InChI=1S/C33H42N8O5/c1-6-40(7-2)31(45)26-17-12-15-24(38-26)29(43)36-21-33(5,20-35-28(42)23-14-10-11-19-34-23)22-37-30(44)25-16-13-18-27(39-25)32(46)41(8-3)9-4/h10-19H,6-9,20-22H2,1-5H3,(H,35,42)(H,36,43)(H,37,44). The minimum Gasteiger partial charge on any atom is -0.350 e. The van der Waals surface area contributed by atoms with Crippen LogP contribution in [0.25, 0.3) is 0 Å². The number of nitrogens with zero attached hydrogens (tertiary/aromatic N) is 5. The first-order chi connectivity index (χ1) is 22.0. The second-order valence-corrected chi connectivity index (χ2v) is 10.8. The van der Waals surface area contributed by atoms with Crippen LogP contribution in [-0.2, 0) is 0 Å². The first kappa shape index (κ1) is 35.3. The van der Waals surface area contributed by atoms with Crippen molar-refractivity contribution in [2.45, 2.75) is 34.6 Å². The topological polar surface area (TPSA) is 167 Å². The Kier molecular flexibility index (Phi) is 12.9. The van der Waals surface area contributed by atoms with Gasteiger partial charge in [-0.3, -0.25) is 29.0 Å². The molecule has 13 nitrogen and oxygen atoms in total. The molecule has 3 aromatic heterocycles. The van der Waals surface area contributed by atoms with Gasteiger partial charge >= 0.3 is 0 Å². The van der Waals surface area contributed by atoms with E-state index in [0.717, 1.165) is 0 Å². The number of rotatable bonds is 15. The summed E-state index contributed by atoms with van der Waals surface area (Å²) in [7, 11) is 0. The maximum absolute atomic E-state index is 13.2. The summed E-state index contributed by atoms with van der Waals surface area (Å²) in [6, 6.07) is 14.3. The summed E-state index contributed by atoms with van der Waals surface area (Å²) in [5, 5.41) is 8.49. The molecule has 0 saturated heterocycles. The molecule has 0 aromatic carbocycles. The van der Waals surface area contributed by atoms with Crippen LogP contribution < -0.4 is 16.0 Å². The van der Waals surface area contributed by atoms with Gasteiger partial charge in [0.1, 0.15) is 28.5 Å². The molecule has 3 aromatic rings. The smallest absolute Gasteiger partial charge is 0.272 e. The third-order valence-corrected chi connectivity index (χ3v) is 7.43. The molecule has 0 fully saturated rings. The van der Waals surface area contributed by atoms with Crippen LogP contribution in [0.4, 0.5) is 0 Å². The predicted octanol–water partition coefficient (Wildman–Crippen LogP) is 2.43. The van der Waals surface area contributed by atoms with E-state index in [0.29, 0.717) is 26.2 Å². The summed E-state index contributed by atoms with van der Waals surface area (Å²) in [5.41, 5.74) is -0.248. The van der Waals surface area contributed by atoms with Gasteiger partial charge in [-0.1, -0.05) is 25.1 Å². The molecule has 0 aliphatic heterocycles. The highest BCUT2D eigenvalue weighted by molar-refractivity contribution is 5.97. The quantitative estimate of drug-likeness (QED) is 0.230. The van der Waals surface area contributed by atoms with Gasteiger partial charge in [-0.25, -0.2) is 9.97 Å². The summed E-state index contributed by atoms with van der Waals surface area (Å²) in [6.45, 7) is 11.4. The summed E-state index contributed by atoms with van der Waals surface area (Å²) in [4.78, 5) is 80.5. The molecule has 0 saturated carbocycles. The van der Waals surface area contributed by atoms with E-state index in [-0.39, 0.29) is 59.9 Å². The fourth-order valence-electron chi connectivity index (χ4n) is 4.54. The second kappa shape index (κ2) is 16.8. The van der Waals surface area contributed by atoms with Gasteiger partial charge in [0, 0.05) is 57.4 Å². The maximum Gasteiger partial charge on any atom is 0.272 e. The lowest BCUT2D eigenvalue weighted by Crippen LogP contribution is -2.50. The van der Waals surface area contributed by atoms with Gasteiger partial charge in [-0.15, -0.1) is 0 Å². The third kappa shape index (κ3) is 9.40. The lowest BCUT2D eigenvalue weighted by Gasteiger charge is -2.30. The van der Waals surface area contributed by atoms with Crippen molar-refractivity contribution in [2.24, 2.45) is 5.41 Å². The highest BCUT2D eigenvalue weighted by atomic mass is 16.2. The van der Waals surface area contributed by atoms with Crippen molar-refractivity contribution in [1.29, 1.82) is 0 Å². The van der Waals surface area contributed by atoms with E-state index < -0.39 is 23.1 Å². The van der Waals surface area contributed by atoms with Crippen molar-refractivity contribution < 1.29 is 24.0 Å². The van der Waals surface area contributed by atoms with Crippen LogP contribution >= 0.6 is 0 Å². The minimum absolute atomic E-state index is 0.0262. The number of carbonyl (C=O) groups excluding carboxylic acids is 5. The minimum atomic E-state index is -0.890. The summed E-state index contributed by atoms with van der Waals surface area (Å²) >= 11 is 0. The second-order valence-electron chi connectivity index (χ2n) is 10.8. The monoisotopic (exact) mass is 630 g/mol. The zero-order valence-corrected chi connectivity index (χ0v) is 27.0. The predicted molar refractivity (Wildman–Crippen MR) is 172 cm³/mol. The molecule has 3 N–H and O–H groups in total. The molecule has 0 unspecified atom stereocenters. The van der Waals surface area contributed by atoms with E-state index in [9.17, 15) is 24.0 Å². The van der Waals surface area contributed by atoms with E-state index in [2.05, 4.69) is 30.9 Å². The number of hydrogen-bond acceptors (Lipinski definition) is 8. The molecule has 46 heavy (non-hydrogen) atoms. The Bertz CT molecular complexity index is 1440. The van der Waals surface area contributed by atoms with Crippen LogP contribution in [-0.4, -0.2) is 100 Å². The van der Waals surface area contributed by atoms with Crippen molar-refractivity contribution in [3.8, 4) is 0 Å². The largest absolute Gasteiger partial charge is 0.350 e. The lowest BCUT2D eigenvalue weighted by molar-refractivity contribution is 0.0758. The normalized spacial score (nSPS) is 10.9. The van der Waals surface area contributed by atoms with Crippen LogP contribution in [0.3, 0.4) is 0 Å². The van der Waals surface area contributed by atoms with Crippen LogP contribution in [0.2, 0.25) is 0 Å². The highest BCUT2D eigenvalue weighted by Gasteiger charge is 2.29. The van der Waals surface area contributed by atoms with Gasteiger partial charge in [0.25, 0.3) is 29.5 Å².